The van der Waals surface area contributed by atoms with Crippen LogP contribution < -0.4 is 10.1 Å². The minimum atomic E-state index is -4.77. The molecule has 2 amide bonds. The van der Waals surface area contributed by atoms with E-state index in [1.54, 1.807) is 18.7 Å². The Hall–Kier alpha value is -2.88. The molecule has 6 nitrogen and oxygen atoms in total. The van der Waals surface area contributed by atoms with Crippen molar-refractivity contribution < 1.29 is 32.6 Å². The third-order valence-electron chi connectivity index (χ3n) is 5.36. The number of benzene rings is 2. The van der Waals surface area contributed by atoms with Gasteiger partial charge in [0, 0.05) is 23.2 Å². The van der Waals surface area contributed by atoms with Crippen molar-refractivity contribution in [2.45, 2.75) is 55.7 Å². The number of hydrogen-bond acceptors (Lipinski definition) is 4. The van der Waals surface area contributed by atoms with E-state index in [2.05, 4.69) is 10.1 Å². The van der Waals surface area contributed by atoms with Crippen LogP contribution in [0.1, 0.15) is 31.9 Å². The summed E-state index contributed by atoms with van der Waals surface area (Å²) in [5.41, 5.74) is 2.54. The summed E-state index contributed by atoms with van der Waals surface area (Å²) in [6.45, 7) is 5.62. The lowest BCUT2D eigenvalue weighted by molar-refractivity contribution is -0.274. The molecule has 0 saturated heterocycles. The third kappa shape index (κ3) is 6.34. The maximum absolute atomic E-state index is 12.9. The van der Waals surface area contributed by atoms with E-state index in [1.165, 1.54) is 23.9 Å². The average Bonchev–Trinajstić information content (AvgIpc) is 3.11. The Bertz CT molecular complexity index is 1030. The molecule has 0 unspecified atom stereocenters. The van der Waals surface area contributed by atoms with E-state index < -0.39 is 17.1 Å². The number of hydrogen-bond donors (Lipinski definition) is 2. The number of alkyl halides is 3. The van der Waals surface area contributed by atoms with Crippen LogP contribution in [-0.4, -0.2) is 45.7 Å². The van der Waals surface area contributed by atoms with Crippen LogP contribution in [-0.2, 0) is 17.6 Å². The summed E-state index contributed by atoms with van der Waals surface area (Å²) in [4.78, 5) is 26.8. The highest BCUT2D eigenvalue weighted by molar-refractivity contribution is 8.01. The zero-order valence-corrected chi connectivity index (χ0v) is 19.2. The first-order chi connectivity index (χ1) is 15.4. The first-order valence-electron chi connectivity index (χ1n) is 10.4. The maximum atomic E-state index is 12.9. The van der Waals surface area contributed by atoms with Crippen molar-refractivity contribution in [3.8, 4) is 5.75 Å². The van der Waals surface area contributed by atoms with Crippen LogP contribution in [0.4, 0.5) is 23.7 Å². The van der Waals surface area contributed by atoms with Crippen LogP contribution in [0, 0.1) is 0 Å². The van der Waals surface area contributed by atoms with Crippen molar-refractivity contribution in [1.82, 2.24) is 4.90 Å². The Labute approximate surface area is 194 Å². The molecule has 33 heavy (non-hydrogen) atoms. The van der Waals surface area contributed by atoms with Crippen LogP contribution in [0.2, 0.25) is 0 Å². The number of nitrogens with zero attached hydrogens (tertiary/aromatic N) is 1. The second-order valence-corrected chi connectivity index (χ2v) is 9.89. The van der Waals surface area contributed by atoms with Crippen molar-refractivity contribution in [1.29, 1.82) is 0 Å². The van der Waals surface area contributed by atoms with E-state index in [9.17, 15) is 27.9 Å². The van der Waals surface area contributed by atoms with E-state index in [1.807, 2.05) is 25.1 Å². The summed E-state index contributed by atoms with van der Waals surface area (Å²) in [6.07, 6.45) is -3.47. The molecular weight excluding hydrogens is 457 g/mol. The Kier molecular flexibility index (Phi) is 7.16. The Morgan fingerprint density at radius 2 is 1.76 bits per heavy atom. The predicted octanol–water partition coefficient (Wildman–Crippen LogP) is 5.56. The molecule has 0 heterocycles. The number of anilines is 1. The van der Waals surface area contributed by atoms with Crippen molar-refractivity contribution in [2.75, 3.05) is 11.9 Å². The number of likely N-dealkylation sites (N-methyl/N-ethyl adjacent to an activating group) is 1. The van der Waals surface area contributed by atoms with Crippen LogP contribution in [0.3, 0.4) is 0 Å². The molecule has 0 spiro atoms. The summed E-state index contributed by atoms with van der Waals surface area (Å²) in [6, 6.07) is 10.4. The van der Waals surface area contributed by atoms with Crippen LogP contribution in [0.15, 0.2) is 47.4 Å². The quantitative estimate of drug-likeness (QED) is 0.505. The second kappa shape index (κ2) is 9.54. The zero-order valence-electron chi connectivity index (χ0n) is 18.4. The van der Waals surface area contributed by atoms with E-state index in [-0.39, 0.29) is 17.8 Å². The van der Waals surface area contributed by atoms with Crippen LogP contribution in [0.25, 0.3) is 0 Å². The summed E-state index contributed by atoms with van der Waals surface area (Å²) < 4.78 is 39.8. The molecule has 2 aromatic rings. The van der Waals surface area contributed by atoms with Gasteiger partial charge in [0.1, 0.15) is 10.5 Å². The highest BCUT2D eigenvalue weighted by atomic mass is 32.2. The minimum absolute atomic E-state index is 0.0782. The van der Waals surface area contributed by atoms with Gasteiger partial charge in [-0.15, -0.1) is 24.9 Å². The van der Waals surface area contributed by atoms with Gasteiger partial charge in [0.2, 0.25) is 0 Å². The Morgan fingerprint density at radius 3 is 2.33 bits per heavy atom. The minimum Gasteiger partial charge on any atom is -0.480 e. The molecule has 0 aromatic heterocycles. The average molecular weight is 483 g/mol. The van der Waals surface area contributed by atoms with Gasteiger partial charge in [-0.2, -0.15) is 0 Å². The number of carboxylic acids is 1. The lowest BCUT2D eigenvalue weighted by Crippen LogP contribution is -2.43. The third-order valence-corrected chi connectivity index (χ3v) is 6.53. The standard InChI is InChI=1S/C23H25F3N2O4S/c1-4-28(21(31)27-16-6-8-18(9-7-16)32-23(24,25)26)17-11-14-5-10-19(13-15(14)12-17)33-22(2,3)20(29)30/h5-10,13,17H,4,11-12H2,1-3H3,(H,27,31)(H,29,30)/t17-/m0/s1. The number of nitrogens with one attached hydrogen (secondary N) is 1. The molecule has 2 N–H and O–H groups in total. The molecule has 0 aliphatic heterocycles. The number of carbonyl (C=O) groups excluding carboxylic acids is 1. The molecule has 2 aromatic carbocycles. The molecular formula is C23H25F3N2O4S. The number of halogens is 3. The number of thioether (sulfide) groups is 1. The van der Waals surface area contributed by atoms with Gasteiger partial charge >= 0.3 is 18.4 Å². The lowest BCUT2D eigenvalue weighted by Gasteiger charge is -2.28. The first-order valence-corrected chi connectivity index (χ1v) is 11.2. The van der Waals surface area contributed by atoms with Crippen LogP contribution in [0.5, 0.6) is 5.75 Å². The number of rotatable bonds is 7. The SMILES string of the molecule is CCN(C(=O)Nc1ccc(OC(F)(F)F)cc1)[C@H]1Cc2ccc(SC(C)(C)C(=O)O)cc2C1. The molecule has 0 radical (unpaired) electrons. The van der Waals surface area contributed by atoms with Gasteiger partial charge in [-0.1, -0.05) is 6.07 Å². The van der Waals surface area contributed by atoms with Gasteiger partial charge in [0.25, 0.3) is 0 Å². The lowest BCUT2D eigenvalue weighted by atomic mass is 10.1. The molecule has 10 heteroatoms. The molecule has 0 fully saturated rings. The second-order valence-electron chi connectivity index (χ2n) is 8.20. The van der Waals surface area contributed by atoms with Gasteiger partial charge in [-0.25, -0.2) is 4.79 Å². The Morgan fingerprint density at radius 1 is 1.12 bits per heavy atom. The van der Waals surface area contributed by atoms with E-state index >= 15 is 0 Å². The number of amides is 2. The normalized spacial score (nSPS) is 15.6. The van der Waals surface area contributed by atoms with Crippen molar-refractivity contribution in [2.24, 2.45) is 0 Å². The summed E-state index contributed by atoms with van der Waals surface area (Å²) in [5, 5.41) is 12.1. The highest BCUT2D eigenvalue weighted by Gasteiger charge is 2.32. The summed E-state index contributed by atoms with van der Waals surface area (Å²) >= 11 is 1.27. The maximum Gasteiger partial charge on any atom is 0.573 e. The van der Waals surface area contributed by atoms with Gasteiger partial charge in [-0.05, 0) is 81.1 Å². The fraction of sp³-hybridized carbons (Fsp3) is 0.391. The number of fused-ring (bicyclic) bond motifs is 1. The summed E-state index contributed by atoms with van der Waals surface area (Å²) in [5.74, 6) is -1.25. The monoisotopic (exact) mass is 482 g/mol. The van der Waals surface area contributed by atoms with E-state index in [4.69, 9.17) is 0 Å². The summed E-state index contributed by atoms with van der Waals surface area (Å²) in [7, 11) is 0. The predicted molar refractivity (Wildman–Crippen MR) is 120 cm³/mol. The molecule has 1 aliphatic rings. The molecule has 1 atom stereocenters. The molecule has 178 valence electrons. The topological polar surface area (TPSA) is 78.9 Å². The Balaban J connectivity index is 1.65. The zero-order chi connectivity index (χ0) is 24.4. The number of carbonyl (C=O) groups is 2. The first kappa shape index (κ1) is 24.8. The van der Waals surface area contributed by atoms with Gasteiger partial charge in [0.15, 0.2) is 0 Å². The molecule has 0 bridgehead atoms. The van der Waals surface area contributed by atoms with Crippen LogP contribution >= 0.6 is 11.8 Å². The fourth-order valence-electron chi connectivity index (χ4n) is 3.70. The largest absolute Gasteiger partial charge is 0.573 e. The molecule has 0 saturated carbocycles. The highest BCUT2D eigenvalue weighted by Crippen LogP contribution is 2.36. The molecule has 3 rings (SSSR count). The van der Waals surface area contributed by atoms with E-state index in [0.29, 0.717) is 25.1 Å². The van der Waals surface area contributed by atoms with E-state index in [0.717, 1.165) is 28.2 Å². The van der Waals surface area contributed by atoms with Crippen molar-refractivity contribution >= 4 is 29.4 Å². The van der Waals surface area contributed by atoms with Gasteiger partial charge < -0.3 is 20.1 Å². The number of aliphatic carboxylic acids is 1. The van der Waals surface area contributed by atoms with Crippen molar-refractivity contribution in [3.63, 3.8) is 0 Å². The van der Waals surface area contributed by atoms with Crippen molar-refractivity contribution in [3.05, 3.63) is 53.6 Å². The molecule has 1 aliphatic carbocycles. The fourth-order valence-corrected chi connectivity index (χ4v) is 4.71. The smallest absolute Gasteiger partial charge is 0.480 e. The van der Waals surface area contributed by atoms with Gasteiger partial charge in [-0.3, -0.25) is 4.79 Å². The number of ether oxygens (including phenoxy) is 1. The number of urea groups is 1. The van der Waals surface area contributed by atoms with Gasteiger partial charge in [0.05, 0.1) is 0 Å². The number of carboxylic acid groups (broad SMARTS) is 1.